The van der Waals surface area contributed by atoms with Crippen LogP contribution in [0.5, 0.6) is 0 Å². The second kappa shape index (κ2) is 5.22. The molecule has 0 fully saturated rings. The molecule has 0 aliphatic rings. The summed E-state index contributed by atoms with van der Waals surface area (Å²) < 4.78 is 14.1. The van der Waals surface area contributed by atoms with E-state index in [4.69, 9.17) is 0 Å². The lowest BCUT2D eigenvalue weighted by Crippen LogP contribution is -2.05. The zero-order chi connectivity index (χ0) is 13.3. The van der Waals surface area contributed by atoms with Crippen molar-refractivity contribution in [2.45, 2.75) is 26.7 Å². The number of nitrogens with one attached hydrogen (secondary N) is 1. The molecule has 18 heavy (non-hydrogen) atoms. The third kappa shape index (κ3) is 2.48. The molecule has 0 unspecified atom stereocenters. The molecular formula is C14H16BrFN2. The van der Waals surface area contributed by atoms with E-state index in [9.17, 15) is 4.39 Å². The molecule has 0 amide bonds. The monoisotopic (exact) mass is 310 g/mol. The minimum Gasteiger partial charge on any atom is -0.370 e. The Balaban J connectivity index is 2.72. The third-order valence-corrected chi connectivity index (χ3v) is 3.44. The van der Waals surface area contributed by atoms with Crippen molar-refractivity contribution in [3.05, 3.63) is 34.1 Å². The van der Waals surface area contributed by atoms with Gasteiger partial charge in [-0.05, 0) is 52.5 Å². The molecule has 0 aliphatic heterocycles. The van der Waals surface area contributed by atoms with Gasteiger partial charge in [0.25, 0.3) is 0 Å². The largest absolute Gasteiger partial charge is 0.370 e. The smallest absolute Gasteiger partial charge is 0.130 e. The molecule has 2 aromatic rings. The number of pyridine rings is 1. The average Bonchev–Trinajstić information content (AvgIpc) is 2.29. The maximum Gasteiger partial charge on any atom is 0.130 e. The van der Waals surface area contributed by atoms with Crippen LogP contribution in [-0.2, 0) is 0 Å². The molecule has 2 rings (SSSR count). The first-order valence-corrected chi connectivity index (χ1v) is 6.85. The van der Waals surface area contributed by atoms with Gasteiger partial charge in [0.1, 0.15) is 11.6 Å². The normalized spacial score (nSPS) is 11.2. The Kier molecular flexibility index (Phi) is 3.85. The number of fused-ring (bicyclic) bond motifs is 1. The van der Waals surface area contributed by atoms with Crippen molar-refractivity contribution in [3.8, 4) is 0 Å². The van der Waals surface area contributed by atoms with Crippen LogP contribution in [0.1, 0.15) is 32.3 Å². The molecule has 0 bridgehead atoms. The van der Waals surface area contributed by atoms with Crippen molar-refractivity contribution in [2.24, 2.45) is 0 Å². The average molecular weight is 311 g/mol. The summed E-state index contributed by atoms with van der Waals surface area (Å²) in [5.41, 5.74) is 1.90. The lowest BCUT2D eigenvalue weighted by atomic mass is 10.0. The summed E-state index contributed by atoms with van der Waals surface area (Å²) >= 11 is 3.36. The van der Waals surface area contributed by atoms with Gasteiger partial charge in [-0.15, -0.1) is 0 Å². The van der Waals surface area contributed by atoms with E-state index < -0.39 is 0 Å². The second-order valence-corrected chi connectivity index (χ2v) is 5.42. The minimum atomic E-state index is -0.248. The van der Waals surface area contributed by atoms with Crippen molar-refractivity contribution in [1.29, 1.82) is 0 Å². The molecule has 0 spiro atoms. The molecule has 1 heterocycles. The highest BCUT2D eigenvalue weighted by molar-refractivity contribution is 9.10. The Bertz CT molecular complexity index is 582. The van der Waals surface area contributed by atoms with Gasteiger partial charge in [0.05, 0.1) is 5.52 Å². The predicted octanol–water partition coefficient (Wildman–Crippen LogP) is 4.69. The highest BCUT2D eigenvalue weighted by Gasteiger charge is 2.12. The molecule has 0 saturated heterocycles. The maximum atomic E-state index is 13.4. The van der Waals surface area contributed by atoms with Gasteiger partial charge in [0.2, 0.25) is 0 Å². The number of halogens is 2. The van der Waals surface area contributed by atoms with Crippen molar-refractivity contribution < 1.29 is 4.39 Å². The quantitative estimate of drug-likeness (QED) is 0.889. The number of rotatable bonds is 3. The Morgan fingerprint density at radius 3 is 2.67 bits per heavy atom. The fourth-order valence-electron chi connectivity index (χ4n) is 1.98. The van der Waals surface area contributed by atoms with E-state index in [1.807, 2.05) is 13.0 Å². The summed E-state index contributed by atoms with van der Waals surface area (Å²) in [6.07, 6.45) is 0. The van der Waals surface area contributed by atoms with Crippen LogP contribution in [0.2, 0.25) is 0 Å². The third-order valence-electron chi connectivity index (χ3n) is 2.83. The van der Waals surface area contributed by atoms with Gasteiger partial charge >= 0.3 is 0 Å². The van der Waals surface area contributed by atoms with E-state index in [0.29, 0.717) is 10.4 Å². The van der Waals surface area contributed by atoms with E-state index in [1.165, 1.54) is 12.1 Å². The Hall–Kier alpha value is -1.16. The minimum absolute atomic E-state index is 0.248. The van der Waals surface area contributed by atoms with E-state index in [0.717, 1.165) is 28.8 Å². The molecule has 0 atom stereocenters. The van der Waals surface area contributed by atoms with Crippen LogP contribution in [-0.4, -0.2) is 11.5 Å². The highest BCUT2D eigenvalue weighted by atomic mass is 79.9. The maximum absolute atomic E-state index is 13.4. The van der Waals surface area contributed by atoms with Crippen LogP contribution < -0.4 is 5.32 Å². The summed E-state index contributed by atoms with van der Waals surface area (Å²) in [6.45, 7) is 7.07. The SMILES string of the molecule is CCNc1nc2c(Br)cc(F)cc2cc1C(C)C. The molecule has 1 aromatic carbocycles. The molecule has 2 nitrogen and oxygen atoms in total. The van der Waals surface area contributed by atoms with E-state index in [-0.39, 0.29) is 5.82 Å². The van der Waals surface area contributed by atoms with E-state index >= 15 is 0 Å². The number of hydrogen-bond acceptors (Lipinski definition) is 2. The van der Waals surface area contributed by atoms with Crippen molar-refractivity contribution in [3.63, 3.8) is 0 Å². The van der Waals surface area contributed by atoms with Gasteiger partial charge in [0.15, 0.2) is 0 Å². The van der Waals surface area contributed by atoms with Gasteiger partial charge in [-0.25, -0.2) is 9.37 Å². The standard InChI is InChI=1S/C14H16BrFN2/c1-4-17-14-11(8(2)3)6-9-5-10(16)7-12(15)13(9)18-14/h5-8H,4H2,1-3H3,(H,17,18). The lowest BCUT2D eigenvalue weighted by Gasteiger charge is -2.14. The van der Waals surface area contributed by atoms with Gasteiger partial charge in [-0.3, -0.25) is 0 Å². The van der Waals surface area contributed by atoms with Crippen LogP contribution in [0, 0.1) is 5.82 Å². The number of anilines is 1. The molecule has 1 N–H and O–H groups in total. The van der Waals surface area contributed by atoms with Crippen LogP contribution in [0.4, 0.5) is 10.2 Å². The zero-order valence-corrected chi connectivity index (χ0v) is 12.3. The molecule has 4 heteroatoms. The first kappa shape index (κ1) is 13.3. The van der Waals surface area contributed by atoms with Gasteiger partial charge in [-0.2, -0.15) is 0 Å². The molecule has 1 aromatic heterocycles. The first-order valence-electron chi connectivity index (χ1n) is 6.06. The zero-order valence-electron chi connectivity index (χ0n) is 10.7. The topological polar surface area (TPSA) is 24.9 Å². The Morgan fingerprint density at radius 1 is 1.33 bits per heavy atom. The predicted molar refractivity (Wildman–Crippen MR) is 77.7 cm³/mol. The van der Waals surface area contributed by atoms with Gasteiger partial charge in [-0.1, -0.05) is 13.8 Å². The van der Waals surface area contributed by atoms with Crippen LogP contribution in [0.15, 0.2) is 22.7 Å². The number of nitrogens with zero attached hydrogens (tertiary/aromatic N) is 1. The van der Waals surface area contributed by atoms with Crippen LogP contribution >= 0.6 is 15.9 Å². The van der Waals surface area contributed by atoms with Crippen molar-refractivity contribution >= 4 is 32.7 Å². The molecule has 0 saturated carbocycles. The summed E-state index contributed by atoms with van der Waals surface area (Å²) in [6, 6.07) is 4.98. The summed E-state index contributed by atoms with van der Waals surface area (Å²) in [4.78, 5) is 4.60. The second-order valence-electron chi connectivity index (χ2n) is 4.57. The molecule has 0 radical (unpaired) electrons. The Labute approximate surface area is 115 Å². The Morgan fingerprint density at radius 2 is 2.06 bits per heavy atom. The van der Waals surface area contributed by atoms with Crippen LogP contribution in [0.25, 0.3) is 10.9 Å². The van der Waals surface area contributed by atoms with Crippen molar-refractivity contribution in [1.82, 2.24) is 4.98 Å². The summed E-state index contributed by atoms with van der Waals surface area (Å²) in [5, 5.41) is 4.09. The van der Waals surface area contributed by atoms with Crippen LogP contribution in [0.3, 0.4) is 0 Å². The van der Waals surface area contributed by atoms with E-state index in [2.05, 4.69) is 40.1 Å². The fourth-order valence-corrected chi connectivity index (χ4v) is 2.51. The van der Waals surface area contributed by atoms with Gasteiger partial charge < -0.3 is 5.32 Å². The number of benzene rings is 1. The van der Waals surface area contributed by atoms with E-state index in [1.54, 1.807) is 0 Å². The molecular weight excluding hydrogens is 295 g/mol. The number of aromatic nitrogens is 1. The fraction of sp³-hybridized carbons (Fsp3) is 0.357. The summed E-state index contributed by atoms with van der Waals surface area (Å²) in [7, 11) is 0. The molecule has 0 aliphatic carbocycles. The lowest BCUT2D eigenvalue weighted by molar-refractivity contribution is 0.629. The highest BCUT2D eigenvalue weighted by Crippen LogP contribution is 2.31. The van der Waals surface area contributed by atoms with Gasteiger partial charge in [0, 0.05) is 16.4 Å². The van der Waals surface area contributed by atoms with Crippen molar-refractivity contribution in [2.75, 3.05) is 11.9 Å². The molecule has 96 valence electrons. The summed E-state index contributed by atoms with van der Waals surface area (Å²) in [5.74, 6) is 0.979. The number of hydrogen-bond donors (Lipinski definition) is 1. The first-order chi connectivity index (χ1) is 8.52.